The third-order valence-electron chi connectivity index (χ3n) is 2.50. The molecule has 1 unspecified atom stereocenters. The Morgan fingerprint density at radius 1 is 1.35 bits per heavy atom. The van der Waals surface area contributed by atoms with Gasteiger partial charge in [0.2, 0.25) is 0 Å². The van der Waals surface area contributed by atoms with Gasteiger partial charge in [0.15, 0.2) is 11.6 Å². The molecule has 1 heterocycles. The first kappa shape index (κ1) is 11.5. The highest BCUT2D eigenvalue weighted by atomic mass is 19.1. The summed E-state index contributed by atoms with van der Waals surface area (Å²) in [4.78, 5) is 0. The van der Waals surface area contributed by atoms with Gasteiger partial charge in [0, 0.05) is 11.8 Å². The van der Waals surface area contributed by atoms with Crippen LogP contribution in [0.3, 0.4) is 0 Å². The lowest BCUT2D eigenvalue weighted by Crippen LogP contribution is -2.05. The van der Waals surface area contributed by atoms with E-state index in [1.807, 2.05) is 19.1 Å². The second kappa shape index (κ2) is 4.91. The van der Waals surface area contributed by atoms with Gasteiger partial charge < -0.3 is 14.5 Å². The average molecular weight is 235 g/mol. The second-order valence-corrected chi connectivity index (χ2v) is 3.73. The zero-order valence-electron chi connectivity index (χ0n) is 9.74. The summed E-state index contributed by atoms with van der Waals surface area (Å²) in [6.07, 6.45) is 1.61. The molecule has 1 atom stereocenters. The first-order valence-corrected chi connectivity index (χ1v) is 5.34. The smallest absolute Gasteiger partial charge is 0.167 e. The molecule has 0 aliphatic rings. The van der Waals surface area contributed by atoms with E-state index in [1.165, 1.54) is 13.2 Å². The van der Waals surface area contributed by atoms with Crippen molar-refractivity contribution in [1.29, 1.82) is 0 Å². The quantitative estimate of drug-likeness (QED) is 0.879. The van der Waals surface area contributed by atoms with Crippen LogP contribution in [0.5, 0.6) is 5.75 Å². The maximum absolute atomic E-state index is 13.5. The highest BCUT2D eigenvalue weighted by Gasteiger charge is 2.09. The normalized spacial score (nSPS) is 12.2. The molecule has 4 heteroatoms. The summed E-state index contributed by atoms with van der Waals surface area (Å²) in [5.74, 6) is 0.659. The Balaban J connectivity index is 2.11. The molecule has 0 bridgehead atoms. The average Bonchev–Trinajstić information content (AvgIpc) is 2.82. The molecule has 0 aliphatic carbocycles. The monoisotopic (exact) mass is 235 g/mol. The van der Waals surface area contributed by atoms with E-state index in [0.29, 0.717) is 5.69 Å². The van der Waals surface area contributed by atoms with Crippen molar-refractivity contribution >= 4 is 5.69 Å². The van der Waals surface area contributed by atoms with Crippen molar-refractivity contribution in [2.24, 2.45) is 0 Å². The summed E-state index contributed by atoms with van der Waals surface area (Å²) in [5, 5.41) is 3.15. The molecule has 1 aromatic heterocycles. The topological polar surface area (TPSA) is 34.4 Å². The SMILES string of the molecule is COc1ccc(NC(C)c2ccco2)cc1F. The lowest BCUT2D eigenvalue weighted by Gasteiger charge is -2.13. The van der Waals surface area contributed by atoms with E-state index in [-0.39, 0.29) is 17.6 Å². The van der Waals surface area contributed by atoms with E-state index in [4.69, 9.17) is 9.15 Å². The largest absolute Gasteiger partial charge is 0.494 e. The molecule has 0 aliphatic heterocycles. The van der Waals surface area contributed by atoms with Crippen LogP contribution in [0.1, 0.15) is 18.7 Å². The Morgan fingerprint density at radius 3 is 2.76 bits per heavy atom. The molecule has 0 fully saturated rings. The number of furan rings is 1. The predicted molar refractivity (Wildman–Crippen MR) is 63.7 cm³/mol. The van der Waals surface area contributed by atoms with Gasteiger partial charge in [-0.3, -0.25) is 0 Å². The fourth-order valence-corrected chi connectivity index (χ4v) is 1.61. The van der Waals surface area contributed by atoms with Gasteiger partial charge in [-0.2, -0.15) is 0 Å². The molecule has 90 valence electrons. The van der Waals surface area contributed by atoms with Crippen LogP contribution in [0.25, 0.3) is 0 Å². The lowest BCUT2D eigenvalue weighted by molar-refractivity contribution is 0.386. The van der Waals surface area contributed by atoms with Crippen LogP contribution in [0.15, 0.2) is 41.0 Å². The minimum absolute atomic E-state index is 0.0159. The zero-order valence-corrected chi connectivity index (χ0v) is 9.74. The van der Waals surface area contributed by atoms with Gasteiger partial charge in [0.25, 0.3) is 0 Å². The third-order valence-corrected chi connectivity index (χ3v) is 2.50. The molecule has 1 N–H and O–H groups in total. The van der Waals surface area contributed by atoms with Gasteiger partial charge >= 0.3 is 0 Å². The van der Waals surface area contributed by atoms with E-state index < -0.39 is 0 Å². The second-order valence-electron chi connectivity index (χ2n) is 3.73. The molecule has 2 rings (SSSR count). The Kier molecular flexibility index (Phi) is 3.32. The van der Waals surface area contributed by atoms with Crippen molar-refractivity contribution in [3.63, 3.8) is 0 Å². The van der Waals surface area contributed by atoms with Crippen LogP contribution < -0.4 is 10.1 Å². The highest BCUT2D eigenvalue weighted by Crippen LogP contribution is 2.24. The van der Waals surface area contributed by atoms with Crippen LogP contribution in [-0.4, -0.2) is 7.11 Å². The van der Waals surface area contributed by atoms with E-state index in [9.17, 15) is 4.39 Å². The fourth-order valence-electron chi connectivity index (χ4n) is 1.61. The van der Waals surface area contributed by atoms with E-state index in [1.54, 1.807) is 18.4 Å². The number of methoxy groups -OCH3 is 1. The van der Waals surface area contributed by atoms with Gasteiger partial charge in [0.05, 0.1) is 19.4 Å². The number of halogens is 1. The van der Waals surface area contributed by atoms with Crippen LogP contribution in [0, 0.1) is 5.82 Å². The Bertz CT molecular complexity index is 482. The Hall–Kier alpha value is -1.97. The van der Waals surface area contributed by atoms with Crippen molar-refractivity contribution in [3.05, 3.63) is 48.2 Å². The molecule has 0 saturated heterocycles. The molecule has 17 heavy (non-hydrogen) atoms. The van der Waals surface area contributed by atoms with Crippen LogP contribution in [0.4, 0.5) is 10.1 Å². The summed E-state index contributed by atoms with van der Waals surface area (Å²) in [6.45, 7) is 1.95. The van der Waals surface area contributed by atoms with Gasteiger partial charge in [-0.1, -0.05) is 0 Å². The summed E-state index contributed by atoms with van der Waals surface area (Å²) in [7, 11) is 1.44. The molecule has 3 nitrogen and oxygen atoms in total. The molecular weight excluding hydrogens is 221 g/mol. The summed E-state index contributed by atoms with van der Waals surface area (Å²) < 4.78 is 23.6. The molecule has 0 radical (unpaired) electrons. The molecule has 2 aromatic rings. The van der Waals surface area contributed by atoms with Gasteiger partial charge in [0.1, 0.15) is 5.76 Å². The zero-order chi connectivity index (χ0) is 12.3. The van der Waals surface area contributed by atoms with Crippen molar-refractivity contribution < 1.29 is 13.5 Å². The van der Waals surface area contributed by atoms with E-state index >= 15 is 0 Å². The summed E-state index contributed by atoms with van der Waals surface area (Å²) >= 11 is 0. The number of nitrogens with one attached hydrogen (secondary N) is 1. The van der Waals surface area contributed by atoms with Gasteiger partial charge in [-0.15, -0.1) is 0 Å². The van der Waals surface area contributed by atoms with Crippen LogP contribution >= 0.6 is 0 Å². The maximum atomic E-state index is 13.5. The number of hydrogen-bond donors (Lipinski definition) is 1. The van der Waals surface area contributed by atoms with E-state index in [0.717, 1.165) is 5.76 Å². The van der Waals surface area contributed by atoms with Crippen molar-refractivity contribution in [1.82, 2.24) is 0 Å². The van der Waals surface area contributed by atoms with Gasteiger partial charge in [-0.05, 0) is 31.2 Å². The highest BCUT2D eigenvalue weighted by molar-refractivity contribution is 5.48. The Labute approximate surface area is 99.2 Å². The van der Waals surface area contributed by atoms with Crippen molar-refractivity contribution in [2.75, 3.05) is 12.4 Å². The minimum atomic E-state index is -0.385. The number of ether oxygens (including phenoxy) is 1. The number of benzene rings is 1. The molecular formula is C13H14FNO2. The summed E-state index contributed by atoms with van der Waals surface area (Å²) in [6, 6.07) is 8.43. The third kappa shape index (κ3) is 2.58. The summed E-state index contributed by atoms with van der Waals surface area (Å²) in [5.41, 5.74) is 0.687. The molecule has 0 saturated carbocycles. The van der Waals surface area contributed by atoms with Crippen LogP contribution in [0.2, 0.25) is 0 Å². The number of rotatable bonds is 4. The number of hydrogen-bond acceptors (Lipinski definition) is 3. The maximum Gasteiger partial charge on any atom is 0.167 e. The fraction of sp³-hybridized carbons (Fsp3) is 0.231. The minimum Gasteiger partial charge on any atom is -0.494 e. The predicted octanol–water partition coefficient (Wildman–Crippen LogP) is 3.60. The molecule has 1 aromatic carbocycles. The standard InChI is InChI=1S/C13H14FNO2/c1-9(12-4-3-7-17-12)15-10-5-6-13(16-2)11(14)8-10/h3-9,15H,1-2H3. The first-order chi connectivity index (χ1) is 8.20. The molecule has 0 amide bonds. The van der Waals surface area contributed by atoms with Crippen molar-refractivity contribution in [2.45, 2.75) is 13.0 Å². The number of anilines is 1. The van der Waals surface area contributed by atoms with Gasteiger partial charge in [-0.25, -0.2) is 4.39 Å². The van der Waals surface area contributed by atoms with Crippen LogP contribution in [-0.2, 0) is 0 Å². The Morgan fingerprint density at radius 2 is 2.18 bits per heavy atom. The van der Waals surface area contributed by atoms with Crippen molar-refractivity contribution in [3.8, 4) is 5.75 Å². The molecule has 0 spiro atoms. The first-order valence-electron chi connectivity index (χ1n) is 5.34. The lowest BCUT2D eigenvalue weighted by atomic mass is 10.2. The van der Waals surface area contributed by atoms with E-state index in [2.05, 4.69) is 5.32 Å².